The van der Waals surface area contributed by atoms with Crippen molar-refractivity contribution in [2.45, 2.75) is 0 Å². The van der Waals surface area contributed by atoms with Crippen molar-refractivity contribution in [2.75, 3.05) is 11.1 Å². The van der Waals surface area contributed by atoms with Crippen LogP contribution in [0.15, 0.2) is 48.8 Å². The molecule has 0 saturated carbocycles. The summed E-state index contributed by atoms with van der Waals surface area (Å²) in [6, 6.07) is 13.5. The quantitative estimate of drug-likeness (QED) is 0.564. The molecule has 0 amide bonds. The van der Waals surface area contributed by atoms with Crippen molar-refractivity contribution in [2.24, 2.45) is 0 Å². The second-order valence-electron chi connectivity index (χ2n) is 4.40. The van der Waals surface area contributed by atoms with Gasteiger partial charge in [0.05, 0.1) is 4.92 Å². The number of hydrogen-bond acceptors (Lipinski definition) is 6. The van der Waals surface area contributed by atoms with Crippen LogP contribution in [0.25, 0.3) is 10.8 Å². The van der Waals surface area contributed by atoms with Crippen LogP contribution < -0.4 is 11.1 Å². The summed E-state index contributed by atoms with van der Waals surface area (Å²) >= 11 is 0. The average Bonchev–Trinajstić information content (AvgIpc) is 2.47. The van der Waals surface area contributed by atoms with Crippen LogP contribution >= 0.6 is 0 Å². The smallest absolute Gasteiger partial charge is 0.353 e. The molecule has 0 unspecified atom stereocenters. The van der Waals surface area contributed by atoms with Gasteiger partial charge in [0.25, 0.3) is 0 Å². The summed E-state index contributed by atoms with van der Waals surface area (Å²) in [6.45, 7) is 0. The summed E-state index contributed by atoms with van der Waals surface area (Å²) < 4.78 is 0. The van der Waals surface area contributed by atoms with Gasteiger partial charge in [0.2, 0.25) is 11.6 Å². The number of nitrogens with two attached hydrogens (primary N) is 1. The minimum absolute atomic E-state index is 0.0720. The van der Waals surface area contributed by atoms with E-state index in [1.165, 1.54) is 6.33 Å². The molecule has 3 N–H and O–H groups in total. The Labute approximate surface area is 119 Å². The number of hydrogen-bond donors (Lipinski definition) is 2. The van der Waals surface area contributed by atoms with Crippen LogP contribution in [0.3, 0.4) is 0 Å². The number of nitro groups is 1. The van der Waals surface area contributed by atoms with Gasteiger partial charge in [0, 0.05) is 5.69 Å². The highest BCUT2D eigenvalue weighted by atomic mass is 16.6. The third-order valence-electron chi connectivity index (χ3n) is 3.05. The fourth-order valence-corrected chi connectivity index (χ4v) is 2.07. The zero-order chi connectivity index (χ0) is 14.8. The molecular weight excluding hydrogens is 270 g/mol. The highest BCUT2D eigenvalue weighted by Crippen LogP contribution is 2.30. The lowest BCUT2D eigenvalue weighted by Crippen LogP contribution is -2.04. The predicted octanol–water partition coefficient (Wildman–Crippen LogP) is 2.86. The van der Waals surface area contributed by atoms with E-state index in [-0.39, 0.29) is 17.3 Å². The van der Waals surface area contributed by atoms with Crippen LogP contribution in [0.4, 0.5) is 23.0 Å². The molecule has 0 aliphatic heterocycles. The molecule has 7 nitrogen and oxygen atoms in total. The van der Waals surface area contributed by atoms with E-state index in [2.05, 4.69) is 15.3 Å². The summed E-state index contributed by atoms with van der Waals surface area (Å²) in [5.41, 5.74) is 5.90. The minimum Gasteiger partial charge on any atom is -0.378 e. The molecule has 3 rings (SSSR count). The number of benzene rings is 2. The van der Waals surface area contributed by atoms with Crippen LogP contribution in [0.2, 0.25) is 0 Å². The van der Waals surface area contributed by atoms with Crippen LogP contribution in [-0.2, 0) is 0 Å². The average molecular weight is 281 g/mol. The SMILES string of the molecule is Nc1ncnc(Nc2ccc3ccccc3c2)c1[N+](=O)[O-]. The molecule has 21 heavy (non-hydrogen) atoms. The summed E-state index contributed by atoms with van der Waals surface area (Å²) in [4.78, 5) is 18.0. The highest BCUT2D eigenvalue weighted by Gasteiger charge is 2.20. The van der Waals surface area contributed by atoms with E-state index < -0.39 is 4.92 Å². The molecule has 0 fully saturated rings. The highest BCUT2D eigenvalue weighted by molar-refractivity contribution is 5.87. The molecule has 1 heterocycles. The molecule has 0 radical (unpaired) electrons. The molecule has 7 heteroatoms. The lowest BCUT2D eigenvalue weighted by Gasteiger charge is -2.07. The van der Waals surface area contributed by atoms with Gasteiger partial charge in [0.15, 0.2) is 0 Å². The topological polar surface area (TPSA) is 107 Å². The van der Waals surface area contributed by atoms with Crippen molar-refractivity contribution in [1.82, 2.24) is 9.97 Å². The molecule has 0 bridgehead atoms. The van der Waals surface area contributed by atoms with Gasteiger partial charge in [0.1, 0.15) is 6.33 Å². The van der Waals surface area contributed by atoms with Crippen LogP contribution in [-0.4, -0.2) is 14.9 Å². The monoisotopic (exact) mass is 281 g/mol. The van der Waals surface area contributed by atoms with Gasteiger partial charge >= 0.3 is 5.69 Å². The number of anilines is 3. The molecule has 0 aliphatic carbocycles. The fraction of sp³-hybridized carbons (Fsp3) is 0. The van der Waals surface area contributed by atoms with Crippen molar-refractivity contribution < 1.29 is 4.92 Å². The first kappa shape index (κ1) is 12.8. The van der Waals surface area contributed by atoms with Crippen LogP contribution in [0.1, 0.15) is 0 Å². The van der Waals surface area contributed by atoms with Gasteiger partial charge in [-0.25, -0.2) is 9.97 Å². The van der Waals surface area contributed by atoms with Crippen molar-refractivity contribution in [1.29, 1.82) is 0 Å². The maximum Gasteiger partial charge on any atom is 0.353 e. The van der Waals surface area contributed by atoms with Gasteiger partial charge in [-0.05, 0) is 22.9 Å². The maximum atomic E-state index is 11.1. The molecule has 2 aromatic carbocycles. The van der Waals surface area contributed by atoms with Crippen molar-refractivity contribution in [3.63, 3.8) is 0 Å². The zero-order valence-electron chi connectivity index (χ0n) is 10.9. The first-order valence-corrected chi connectivity index (χ1v) is 6.16. The molecule has 0 spiro atoms. The number of rotatable bonds is 3. The molecule has 104 valence electrons. The van der Waals surface area contributed by atoms with Gasteiger partial charge < -0.3 is 11.1 Å². The lowest BCUT2D eigenvalue weighted by molar-refractivity contribution is -0.383. The van der Waals surface area contributed by atoms with Crippen molar-refractivity contribution >= 4 is 33.8 Å². The van der Waals surface area contributed by atoms with E-state index in [1.54, 1.807) is 0 Å². The third-order valence-corrected chi connectivity index (χ3v) is 3.05. The second kappa shape index (κ2) is 5.04. The van der Waals surface area contributed by atoms with E-state index in [0.29, 0.717) is 5.69 Å². The summed E-state index contributed by atoms with van der Waals surface area (Å²) in [6.07, 6.45) is 1.19. The van der Waals surface area contributed by atoms with Gasteiger partial charge in [-0.1, -0.05) is 30.3 Å². The third kappa shape index (κ3) is 2.44. The van der Waals surface area contributed by atoms with Crippen LogP contribution in [0.5, 0.6) is 0 Å². The minimum atomic E-state index is -0.598. The molecule has 0 aliphatic rings. The Bertz CT molecular complexity index is 834. The molecule has 0 saturated heterocycles. The Balaban J connectivity index is 2.02. The second-order valence-corrected chi connectivity index (χ2v) is 4.40. The van der Waals surface area contributed by atoms with Gasteiger partial charge in [-0.3, -0.25) is 10.1 Å². The lowest BCUT2D eigenvalue weighted by atomic mass is 10.1. The normalized spacial score (nSPS) is 10.5. The number of nitrogens with zero attached hydrogens (tertiary/aromatic N) is 3. The Kier molecular flexibility index (Phi) is 3.07. The van der Waals surface area contributed by atoms with Gasteiger partial charge in [-0.15, -0.1) is 0 Å². The standard InChI is InChI=1S/C14H11N5O2/c15-13-12(19(20)21)14(17-8-16-13)18-11-6-5-9-3-1-2-4-10(9)7-11/h1-8H,(H3,15,16,17,18). The molecule has 3 aromatic rings. The molecule has 0 atom stereocenters. The summed E-state index contributed by atoms with van der Waals surface area (Å²) in [5.74, 6) is -0.0962. The van der Waals surface area contributed by atoms with Crippen molar-refractivity contribution in [3.05, 3.63) is 58.9 Å². The number of fused-ring (bicyclic) bond motifs is 1. The number of nitrogen functional groups attached to an aromatic ring is 1. The fourth-order valence-electron chi connectivity index (χ4n) is 2.07. The predicted molar refractivity (Wildman–Crippen MR) is 80.3 cm³/mol. The maximum absolute atomic E-state index is 11.1. The van der Waals surface area contributed by atoms with Crippen molar-refractivity contribution in [3.8, 4) is 0 Å². The van der Waals surface area contributed by atoms with Crippen LogP contribution in [0, 0.1) is 10.1 Å². The first-order valence-electron chi connectivity index (χ1n) is 6.16. The van der Waals surface area contributed by atoms with E-state index >= 15 is 0 Å². The number of nitrogens with one attached hydrogen (secondary N) is 1. The Hall–Kier alpha value is -3.22. The molecular formula is C14H11N5O2. The Morgan fingerprint density at radius 3 is 2.62 bits per heavy atom. The summed E-state index contributed by atoms with van der Waals surface area (Å²) in [5, 5.41) is 16.1. The number of aromatic nitrogens is 2. The summed E-state index contributed by atoms with van der Waals surface area (Å²) in [7, 11) is 0. The molecule has 1 aromatic heterocycles. The van der Waals surface area contributed by atoms with Gasteiger partial charge in [-0.2, -0.15) is 0 Å². The largest absolute Gasteiger partial charge is 0.378 e. The zero-order valence-corrected chi connectivity index (χ0v) is 10.9. The van der Waals surface area contributed by atoms with E-state index in [0.717, 1.165) is 10.8 Å². The van der Waals surface area contributed by atoms with E-state index in [9.17, 15) is 10.1 Å². The first-order chi connectivity index (χ1) is 10.1. The Morgan fingerprint density at radius 1 is 1.10 bits per heavy atom. The van der Waals surface area contributed by atoms with E-state index in [4.69, 9.17) is 5.73 Å². The Morgan fingerprint density at radius 2 is 1.86 bits per heavy atom. The van der Waals surface area contributed by atoms with E-state index in [1.807, 2.05) is 42.5 Å².